The zero-order valence-corrected chi connectivity index (χ0v) is 10.7. The third-order valence-corrected chi connectivity index (χ3v) is 2.29. The van der Waals surface area contributed by atoms with E-state index in [2.05, 4.69) is 10.7 Å². The Kier molecular flexibility index (Phi) is 3.75. The van der Waals surface area contributed by atoms with E-state index in [-0.39, 0.29) is 11.4 Å². The summed E-state index contributed by atoms with van der Waals surface area (Å²) >= 11 is 0. The second kappa shape index (κ2) is 4.70. The fourth-order valence-electron chi connectivity index (χ4n) is 1.35. The molecule has 16 heavy (non-hydrogen) atoms. The van der Waals surface area contributed by atoms with Crippen LogP contribution < -0.4 is 10.7 Å². The summed E-state index contributed by atoms with van der Waals surface area (Å²) < 4.78 is 1.80. The van der Waals surface area contributed by atoms with Crippen molar-refractivity contribution < 1.29 is 4.79 Å². The number of hydrogen-bond donors (Lipinski definition) is 2. The first-order valence-corrected chi connectivity index (χ1v) is 5.49. The van der Waals surface area contributed by atoms with Crippen molar-refractivity contribution in [3.05, 3.63) is 23.5 Å². The van der Waals surface area contributed by atoms with Gasteiger partial charge in [-0.25, -0.2) is 0 Å². The molecule has 1 aromatic heterocycles. The van der Waals surface area contributed by atoms with Gasteiger partial charge in [0.25, 0.3) is 5.91 Å². The Morgan fingerprint density at radius 2 is 1.75 bits per heavy atom. The Morgan fingerprint density at radius 3 is 2.19 bits per heavy atom. The van der Waals surface area contributed by atoms with Gasteiger partial charge in [0, 0.05) is 16.9 Å². The summed E-state index contributed by atoms with van der Waals surface area (Å²) in [5.74, 6) is -0.0303. The van der Waals surface area contributed by atoms with Gasteiger partial charge in [-0.15, -0.1) is 0 Å². The van der Waals surface area contributed by atoms with E-state index in [0.717, 1.165) is 11.4 Å². The summed E-state index contributed by atoms with van der Waals surface area (Å²) in [5.41, 5.74) is 4.86. The Balaban J connectivity index is 2.53. The van der Waals surface area contributed by atoms with E-state index in [9.17, 15) is 4.79 Å². The molecular formula is C12H21N3O. The number of nitrogens with zero attached hydrogens (tertiary/aromatic N) is 1. The van der Waals surface area contributed by atoms with E-state index in [1.807, 2.05) is 46.8 Å². The van der Waals surface area contributed by atoms with Gasteiger partial charge in [0.05, 0.1) is 6.54 Å². The smallest absolute Gasteiger partial charge is 0.252 e. The molecule has 1 amide bonds. The summed E-state index contributed by atoms with van der Waals surface area (Å²) in [6, 6.07) is 3.96. The summed E-state index contributed by atoms with van der Waals surface area (Å²) in [6.45, 7) is 10.3. The van der Waals surface area contributed by atoms with Crippen LogP contribution in [0.3, 0.4) is 0 Å². The summed E-state index contributed by atoms with van der Waals surface area (Å²) in [7, 11) is 0. The van der Waals surface area contributed by atoms with Crippen LogP contribution in [0.15, 0.2) is 12.1 Å². The number of hydrogen-bond acceptors (Lipinski definition) is 2. The number of rotatable bonds is 3. The van der Waals surface area contributed by atoms with Crippen LogP contribution in [0.25, 0.3) is 0 Å². The molecule has 0 bridgehead atoms. The second-order valence-electron chi connectivity index (χ2n) is 5.09. The van der Waals surface area contributed by atoms with E-state index in [1.54, 1.807) is 4.68 Å². The van der Waals surface area contributed by atoms with Crippen molar-refractivity contribution in [2.24, 2.45) is 0 Å². The molecule has 1 rings (SSSR count). The third-order valence-electron chi connectivity index (χ3n) is 2.29. The molecule has 2 N–H and O–H groups in total. The van der Waals surface area contributed by atoms with Gasteiger partial charge in [0.15, 0.2) is 0 Å². The van der Waals surface area contributed by atoms with Gasteiger partial charge in [0.1, 0.15) is 0 Å². The summed E-state index contributed by atoms with van der Waals surface area (Å²) in [6.07, 6.45) is 0. The number of aryl methyl sites for hydroxylation is 2. The predicted octanol–water partition coefficient (Wildman–Crippen LogP) is 1.56. The minimum absolute atomic E-state index is 0.0303. The van der Waals surface area contributed by atoms with Crippen LogP contribution >= 0.6 is 0 Å². The Labute approximate surface area is 97.0 Å². The molecule has 4 nitrogen and oxygen atoms in total. The first kappa shape index (κ1) is 12.8. The molecule has 1 aromatic rings. The molecule has 0 aliphatic rings. The van der Waals surface area contributed by atoms with Gasteiger partial charge < -0.3 is 5.32 Å². The topological polar surface area (TPSA) is 46.1 Å². The van der Waals surface area contributed by atoms with Gasteiger partial charge >= 0.3 is 0 Å². The van der Waals surface area contributed by atoms with Gasteiger partial charge in [-0.1, -0.05) is 0 Å². The monoisotopic (exact) mass is 223 g/mol. The fraction of sp³-hybridized carbons (Fsp3) is 0.583. The van der Waals surface area contributed by atoms with Gasteiger partial charge in [-0.05, 0) is 46.8 Å². The van der Waals surface area contributed by atoms with Crippen molar-refractivity contribution >= 4 is 5.91 Å². The average molecular weight is 223 g/mol. The highest BCUT2D eigenvalue weighted by molar-refractivity contribution is 5.85. The van der Waals surface area contributed by atoms with Crippen molar-refractivity contribution in [2.45, 2.75) is 40.2 Å². The van der Waals surface area contributed by atoms with Crippen LogP contribution in [0.4, 0.5) is 0 Å². The standard InChI is InChI=1S/C12H21N3O/c1-9-6-7-10(2)15(9)14-11(16)8-13-12(3,4)5/h6-7,13H,8H2,1-5H3,(H,14,16). The van der Waals surface area contributed by atoms with E-state index >= 15 is 0 Å². The number of aromatic nitrogens is 1. The van der Waals surface area contributed by atoms with Crippen LogP contribution in [-0.4, -0.2) is 22.7 Å². The van der Waals surface area contributed by atoms with Gasteiger partial charge in [-0.3, -0.25) is 14.9 Å². The Bertz CT molecular complexity index is 355. The lowest BCUT2D eigenvalue weighted by Crippen LogP contribution is -2.42. The maximum Gasteiger partial charge on any atom is 0.252 e. The molecule has 0 aromatic carbocycles. The SMILES string of the molecule is Cc1ccc(C)n1NC(=O)CNC(C)(C)C. The first-order chi connectivity index (χ1) is 7.29. The highest BCUT2D eigenvalue weighted by Crippen LogP contribution is 2.04. The molecule has 1 heterocycles. The molecule has 4 heteroatoms. The maximum atomic E-state index is 11.7. The minimum atomic E-state index is -0.0435. The largest absolute Gasteiger partial charge is 0.304 e. The number of carbonyl (C=O) groups excluding carboxylic acids is 1. The van der Waals surface area contributed by atoms with Gasteiger partial charge in [-0.2, -0.15) is 0 Å². The number of carbonyl (C=O) groups is 1. The second-order valence-corrected chi connectivity index (χ2v) is 5.09. The highest BCUT2D eigenvalue weighted by atomic mass is 16.2. The first-order valence-electron chi connectivity index (χ1n) is 5.49. The van der Waals surface area contributed by atoms with Crippen molar-refractivity contribution in [1.82, 2.24) is 9.99 Å². The average Bonchev–Trinajstić information content (AvgIpc) is 2.45. The molecule has 0 radical (unpaired) electrons. The molecule has 0 aliphatic carbocycles. The highest BCUT2D eigenvalue weighted by Gasteiger charge is 2.12. The molecule has 0 spiro atoms. The van der Waals surface area contributed by atoms with Gasteiger partial charge in [0.2, 0.25) is 0 Å². The van der Waals surface area contributed by atoms with Crippen molar-refractivity contribution in [1.29, 1.82) is 0 Å². The molecule has 90 valence electrons. The quantitative estimate of drug-likeness (QED) is 0.817. The summed E-state index contributed by atoms with van der Waals surface area (Å²) in [4.78, 5) is 11.7. The predicted molar refractivity (Wildman–Crippen MR) is 66.0 cm³/mol. The molecule has 0 atom stereocenters. The zero-order chi connectivity index (χ0) is 12.3. The lowest BCUT2D eigenvalue weighted by Gasteiger charge is -2.20. The molecule has 0 saturated heterocycles. The molecule has 0 unspecified atom stereocenters. The van der Waals surface area contributed by atoms with Crippen molar-refractivity contribution in [3.63, 3.8) is 0 Å². The fourth-order valence-corrected chi connectivity index (χ4v) is 1.35. The minimum Gasteiger partial charge on any atom is -0.304 e. The van der Waals surface area contributed by atoms with Crippen LogP contribution in [0.1, 0.15) is 32.2 Å². The van der Waals surface area contributed by atoms with Crippen LogP contribution in [0.5, 0.6) is 0 Å². The number of amides is 1. The number of nitrogens with one attached hydrogen (secondary N) is 2. The third kappa shape index (κ3) is 3.70. The van der Waals surface area contributed by atoms with Crippen molar-refractivity contribution in [2.75, 3.05) is 12.0 Å². The van der Waals surface area contributed by atoms with Crippen LogP contribution in [0.2, 0.25) is 0 Å². The van der Waals surface area contributed by atoms with Crippen molar-refractivity contribution in [3.8, 4) is 0 Å². The molecular weight excluding hydrogens is 202 g/mol. The van der Waals surface area contributed by atoms with E-state index in [1.165, 1.54) is 0 Å². The van der Waals surface area contributed by atoms with E-state index in [0.29, 0.717) is 6.54 Å². The van der Waals surface area contributed by atoms with Crippen LogP contribution in [0, 0.1) is 13.8 Å². The lowest BCUT2D eigenvalue weighted by molar-refractivity contribution is -0.116. The summed E-state index contributed by atoms with van der Waals surface area (Å²) in [5, 5.41) is 3.15. The Hall–Kier alpha value is -1.29. The van der Waals surface area contributed by atoms with Crippen LogP contribution in [-0.2, 0) is 4.79 Å². The molecule has 0 fully saturated rings. The molecule has 0 saturated carbocycles. The molecule has 0 aliphatic heterocycles. The lowest BCUT2D eigenvalue weighted by atomic mass is 10.1. The van der Waals surface area contributed by atoms with E-state index in [4.69, 9.17) is 0 Å². The Morgan fingerprint density at radius 1 is 1.25 bits per heavy atom. The maximum absolute atomic E-state index is 11.7. The van der Waals surface area contributed by atoms with E-state index < -0.39 is 0 Å². The zero-order valence-electron chi connectivity index (χ0n) is 10.7. The normalized spacial score (nSPS) is 11.6.